The number of nitrogens with zero attached hydrogens (tertiary/aromatic N) is 6. The SMILES string of the molecule is N#Cc1cc(-c2nc(-c3ccccc3)c(C#N)c(-c3ccccc3)n2)ccc1-c1cccc2c1c1ccc3c(c4ccccc4n3-c3ccccc3)c1n2-c1ccccc1. The van der Waals surface area contributed by atoms with Crippen LogP contribution in [0.25, 0.3) is 100 Å². The molecule has 0 aliphatic heterocycles. The molecule has 8 aromatic carbocycles. The molecule has 3 aromatic heterocycles. The quantitative estimate of drug-likeness (QED) is 0.169. The van der Waals surface area contributed by atoms with E-state index in [1.807, 2.05) is 91.0 Å². The fraction of sp³-hybridized carbons (Fsp3) is 0. The van der Waals surface area contributed by atoms with Crippen molar-refractivity contribution in [2.24, 2.45) is 0 Å². The number of hydrogen-bond acceptors (Lipinski definition) is 4. The topological polar surface area (TPSA) is 83.2 Å². The summed E-state index contributed by atoms with van der Waals surface area (Å²) in [5.41, 5.74) is 12.6. The van der Waals surface area contributed by atoms with E-state index in [0.29, 0.717) is 33.9 Å². The lowest BCUT2D eigenvalue weighted by Crippen LogP contribution is -2.01. The molecular weight excluding hydrogens is 733 g/mol. The highest BCUT2D eigenvalue weighted by Gasteiger charge is 2.24. The maximum Gasteiger partial charge on any atom is 0.160 e. The van der Waals surface area contributed by atoms with E-state index in [2.05, 4.69) is 124 Å². The van der Waals surface area contributed by atoms with Crippen molar-refractivity contribution in [2.75, 3.05) is 0 Å². The highest BCUT2D eigenvalue weighted by atomic mass is 15.0. The van der Waals surface area contributed by atoms with E-state index < -0.39 is 0 Å². The highest BCUT2D eigenvalue weighted by Crippen LogP contribution is 2.45. The highest BCUT2D eigenvalue weighted by molar-refractivity contribution is 6.28. The fourth-order valence-corrected chi connectivity index (χ4v) is 8.85. The van der Waals surface area contributed by atoms with Gasteiger partial charge in [-0.25, -0.2) is 9.97 Å². The van der Waals surface area contributed by atoms with E-state index in [4.69, 9.17) is 9.97 Å². The van der Waals surface area contributed by atoms with Crippen molar-refractivity contribution < 1.29 is 0 Å². The molecule has 0 saturated carbocycles. The summed E-state index contributed by atoms with van der Waals surface area (Å²) in [6.45, 7) is 0. The zero-order valence-corrected chi connectivity index (χ0v) is 32.2. The molecule has 0 amide bonds. The van der Waals surface area contributed by atoms with Gasteiger partial charge in [-0.15, -0.1) is 0 Å². The van der Waals surface area contributed by atoms with Gasteiger partial charge in [0.05, 0.1) is 45.1 Å². The third-order valence-electron chi connectivity index (χ3n) is 11.4. The standard InChI is InChI=1S/C54H32N6/c55-33-38-32-37(54-57-51(35-16-5-1-6-17-35)45(34-56)52(58-54)36-18-7-2-8-19-36)28-29-41(38)42-25-15-27-47-49(42)44-30-31-48-50(53(44)60(47)40-22-11-4-12-23-40)43-24-13-14-26-46(43)59(48)39-20-9-3-10-21-39/h1-32H. The second kappa shape index (κ2) is 14.1. The average Bonchev–Trinajstić information content (AvgIpc) is 3.85. The van der Waals surface area contributed by atoms with E-state index in [-0.39, 0.29) is 0 Å². The molecule has 0 N–H and O–H groups in total. The molecule has 0 bridgehead atoms. The summed E-state index contributed by atoms with van der Waals surface area (Å²) in [5.74, 6) is 0.436. The molecule has 6 nitrogen and oxygen atoms in total. The molecule has 0 fully saturated rings. The van der Waals surface area contributed by atoms with Crippen LogP contribution >= 0.6 is 0 Å². The van der Waals surface area contributed by atoms with E-state index in [9.17, 15) is 10.5 Å². The van der Waals surface area contributed by atoms with Crippen molar-refractivity contribution in [2.45, 2.75) is 0 Å². The Labute approximate surface area is 345 Å². The predicted octanol–water partition coefficient (Wildman–Crippen LogP) is 13.1. The maximum absolute atomic E-state index is 10.9. The van der Waals surface area contributed by atoms with Crippen LogP contribution in [-0.4, -0.2) is 19.1 Å². The van der Waals surface area contributed by atoms with Crippen molar-refractivity contribution in [1.29, 1.82) is 10.5 Å². The first-order chi connectivity index (χ1) is 29.7. The molecule has 11 rings (SSSR count). The van der Waals surface area contributed by atoms with Crippen LogP contribution in [0, 0.1) is 22.7 Å². The van der Waals surface area contributed by atoms with Gasteiger partial charge in [-0.3, -0.25) is 0 Å². The lowest BCUT2D eigenvalue weighted by atomic mass is 9.93. The Morgan fingerprint density at radius 3 is 1.60 bits per heavy atom. The third-order valence-corrected chi connectivity index (χ3v) is 11.4. The van der Waals surface area contributed by atoms with Crippen molar-refractivity contribution >= 4 is 43.6 Å². The molecule has 60 heavy (non-hydrogen) atoms. The molecule has 0 radical (unpaired) electrons. The number of nitriles is 2. The van der Waals surface area contributed by atoms with Crippen molar-refractivity contribution in [3.05, 3.63) is 205 Å². The number of fused-ring (bicyclic) bond motifs is 7. The Morgan fingerprint density at radius 2 is 0.967 bits per heavy atom. The summed E-state index contributed by atoms with van der Waals surface area (Å²) in [7, 11) is 0. The first kappa shape index (κ1) is 34.7. The predicted molar refractivity (Wildman–Crippen MR) is 242 cm³/mol. The molecular formula is C54H32N6. The van der Waals surface area contributed by atoms with Gasteiger partial charge in [-0.2, -0.15) is 10.5 Å². The van der Waals surface area contributed by atoms with Gasteiger partial charge in [0.25, 0.3) is 0 Å². The fourth-order valence-electron chi connectivity index (χ4n) is 8.85. The molecule has 0 saturated heterocycles. The van der Waals surface area contributed by atoms with Crippen LogP contribution in [0.4, 0.5) is 0 Å². The van der Waals surface area contributed by atoms with Crippen LogP contribution in [0.1, 0.15) is 11.1 Å². The van der Waals surface area contributed by atoms with Gasteiger partial charge in [-0.1, -0.05) is 146 Å². The first-order valence-corrected chi connectivity index (χ1v) is 19.8. The minimum atomic E-state index is 0.399. The van der Waals surface area contributed by atoms with E-state index in [0.717, 1.165) is 77.2 Å². The molecule has 3 heterocycles. The zero-order chi connectivity index (χ0) is 40.2. The Balaban J connectivity index is 1.17. The van der Waals surface area contributed by atoms with Crippen LogP contribution in [-0.2, 0) is 0 Å². The minimum absolute atomic E-state index is 0.399. The van der Waals surface area contributed by atoms with Crippen LogP contribution in [0.5, 0.6) is 0 Å². The summed E-state index contributed by atoms with van der Waals surface area (Å²) in [6.07, 6.45) is 0. The molecule has 278 valence electrons. The summed E-state index contributed by atoms with van der Waals surface area (Å²) in [4.78, 5) is 10.0. The molecule has 0 atom stereocenters. The van der Waals surface area contributed by atoms with E-state index >= 15 is 0 Å². The summed E-state index contributed by atoms with van der Waals surface area (Å²) in [6, 6.07) is 70.7. The summed E-state index contributed by atoms with van der Waals surface area (Å²) >= 11 is 0. The zero-order valence-electron chi connectivity index (χ0n) is 32.2. The smallest absolute Gasteiger partial charge is 0.160 e. The number of benzene rings is 8. The average molecular weight is 765 g/mol. The van der Waals surface area contributed by atoms with Crippen LogP contribution < -0.4 is 0 Å². The molecule has 11 aromatic rings. The second-order valence-corrected chi connectivity index (χ2v) is 14.8. The second-order valence-electron chi connectivity index (χ2n) is 14.8. The van der Waals surface area contributed by atoms with Gasteiger partial charge >= 0.3 is 0 Å². The Morgan fingerprint density at radius 1 is 0.400 bits per heavy atom. The lowest BCUT2D eigenvalue weighted by molar-refractivity contribution is 1.17. The van der Waals surface area contributed by atoms with Gasteiger partial charge in [0.1, 0.15) is 11.6 Å². The molecule has 0 unspecified atom stereocenters. The van der Waals surface area contributed by atoms with Gasteiger partial charge in [0.15, 0.2) is 5.82 Å². The van der Waals surface area contributed by atoms with E-state index in [1.54, 1.807) is 0 Å². The number of rotatable bonds is 6. The maximum atomic E-state index is 10.9. The number of hydrogen-bond donors (Lipinski definition) is 0. The van der Waals surface area contributed by atoms with Crippen molar-refractivity contribution in [3.63, 3.8) is 0 Å². The third kappa shape index (κ3) is 5.40. The normalized spacial score (nSPS) is 11.3. The molecule has 0 aliphatic rings. The Hall–Kier alpha value is -8.58. The van der Waals surface area contributed by atoms with Gasteiger partial charge < -0.3 is 9.13 Å². The van der Waals surface area contributed by atoms with E-state index in [1.165, 1.54) is 0 Å². The largest absolute Gasteiger partial charge is 0.309 e. The lowest BCUT2D eigenvalue weighted by Gasteiger charge is -2.13. The number of para-hydroxylation sites is 3. The van der Waals surface area contributed by atoms with Crippen LogP contribution in [0.2, 0.25) is 0 Å². The van der Waals surface area contributed by atoms with Crippen molar-refractivity contribution in [1.82, 2.24) is 19.1 Å². The summed E-state index contributed by atoms with van der Waals surface area (Å²) in [5, 5.41) is 25.8. The van der Waals surface area contributed by atoms with Gasteiger partial charge in [0, 0.05) is 55.2 Å². The van der Waals surface area contributed by atoms with Crippen LogP contribution in [0.15, 0.2) is 194 Å². The Bertz CT molecular complexity index is 3480. The first-order valence-electron chi connectivity index (χ1n) is 19.8. The van der Waals surface area contributed by atoms with Gasteiger partial charge in [-0.05, 0) is 54.1 Å². The van der Waals surface area contributed by atoms with Crippen molar-refractivity contribution in [3.8, 4) is 68.5 Å². The number of aromatic nitrogens is 4. The van der Waals surface area contributed by atoms with Gasteiger partial charge in [0.2, 0.25) is 0 Å². The molecule has 0 aliphatic carbocycles. The summed E-state index contributed by atoms with van der Waals surface area (Å²) < 4.78 is 4.72. The monoisotopic (exact) mass is 764 g/mol. The molecule has 0 spiro atoms. The Kier molecular flexibility index (Phi) is 8.15. The minimum Gasteiger partial charge on any atom is -0.309 e. The molecule has 6 heteroatoms. The van der Waals surface area contributed by atoms with Crippen LogP contribution in [0.3, 0.4) is 0 Å².